The first-order valence-electron chi connectivity index (χ1n) is 11.7. The predicted molar refractivity (Wildman–Crippen MR) is 132 cm³/mol. The third kappa shape index (κ3) is 6.17. The Balaban J connectivity index is 1.67. The average Bonchev–Trinajstić information content (AvgIpc) is 3.11. The van der Waals surface area contributed by atoms with E-state index in [2.05, 4.69) is 58.1 Å². The van der Waals surface area contributed by atoms with E-state index in [0.29, 0.717) is 18.1 Å². The second-order valence-electron chi connectivity index (χ2n) is 8.64. The number of aromatic amines is 1. The van der Waals surface area contributed by atoms with Gasteiger partial charge in [0.1, 0.15) is 11.5 Å². The second-order valence-corrected chi connectivity index (χ2v) is 8.64. The molecule has 0 amide bonds. The third-order valence-electron chi connectivity index (χ3n) is 6.25. The molecule has 1 aromatic heterocycles. The SMILES string of the molecule is C=NC(=N)c1[nH]c(=O)n(Cc2ccc(CN3CCC(CCN)CC3)cc2)c1NCCCC. The Hall–Kier alpha value is -2.71. The number of rotatable bonds is 11. The van der Waals surface area contributed by atoms with Crippen molar-refractivity contribution in [2.75, 3.05) is 31.5 Å². The lowest BCUT2D eigenvalue weighted by Gasteiger charge is -2.31. The maximum absolute atomic E-state index is 12.6. The molecule has 0 atom stereocenters. The highest BCUT2D eigenvalue weighted by molar-refractivity contribution is 6.01. The minimum Gasteiger partial charge on any atom is -0.369 e. The average molecular weight is 440 g/mol. The standard InChI is InChI=1S/C24H37N7O/c1-3-4-13-28-23-21(22(26)27-2)29-24(32)31(23)17-20-7-5-19(6-8-20)16-30-14-10-18(9-12-25)11-15-30/h5-8,18,26,28H,2-4,9-17,25H2,1H3,(H,29,32). The van der Waals surface area contributed by atoms with Crippen LogP contribution in [0.3, 0.4) is 0 Å². The predicted octanol–water partition coefficient (Wildman–Crippen LogP) is 3.02. The first kappa shape index (κ1) is 23.9. The van der Waals surface area contributed by atoms with Gasteiger partial charge in [0.15, 0.2) is 5.84 Å². The molecule has 0 saturated carbocycles. The van der Waals surface area contributed by atoms with Crippen LogP contribution in [0, 0.1) is 11.3 Å². The fourth-order valence-electron chi connectivity index (χ4n) is 4.30. The summed E-state index contributed by atoms with van der Waals surface area (Å²) < 4.78 is 1.64. The van der Waals surface area contributed by atoms with Crippen LogP contribution in [0.25, 0.3) is 0 Å². The zero-order valence-corrected chi connectivity index (χ0v) is 19.2. The molecule has 1 saturated heterocycles. The molecule has 1 aliphatic rings. The number of amidine groups is 1. The van der Waals surface area contributed by atoms with Crippen molar-refractivity contribution in [3.63, 3.8) is 0 Å². The summed E-state index contributed by atoms with van der Waals surface area (Å²) in [5.41, 5.74) is 8.16. The van der Waals surface area contributed by atoms with Gasteiger partial charge in [-0.05, 0) is 69.1 Å². The smallest absolute Gasteiger partial charge is 0.328 e. The van der Waals surface area contributed by atoms with Gasteiger partial charge in [-0.25, -0.2) is 9.79 Å². The normalized spacial score (nSPS) is 15.1. The third-order valence-corrected chi connectivity index (χ3v) is 6.25. The van der Waals surface area contributed by atoms with Gasteiger partial charge >= 0.3 is 5.69 Å². The Morgan fingerprint density at radius 2 is 1.91 bits per heavy atom. The van der Waals surface area contributed by atoms with E-state index < -0.39 is 0 Å². The van der Waals surface area contributed by atoms with Gasteiger partial charge in [0.2, 0.25) is 0 Å². The van der Waals surface area contributed by atoms with Crippen molar-refractivity contribution in [2.24, 2.45) is 16.6 Å². The molecule has 32 heavy (non-hydrogen) atoms. The number of nitrogens with zero attached hydrogens (tertiary/aromatic N) is 3. The van der Waals surface area contributed by atoms with Gasteiger partial charge in [0.25, 0.3) is 0 Å². The Bertz CT molecular complexity index is 936. The lowest BCUT2D eigenvalue weighted by atomic mass is 9.93. The van der Waals surface area contributed by atoms with Gasteiger partial charge in [-0.15, -0.1) is 0 Å². The van der Waals surface area contributed by atoms with E-state index in [9.17, 15) is 4.79 Å². The number of nitrogens with one attached hydrogen (secondary N) is 3. The molecule has 0 radical (unpaired) electrons. The Morgan fingerprint density at radius 3 is 2.50 bits per heavy atom. The first-order chi connectivity index (χ1) is 15.5. The van der Waals surface area contributed by atoms with Crippen LogP contribution >= 0.6 is 0 Å². The lowest BCUT2D eigenvalue weighted by molar-refractivity contribution is 0.173. The van der Waals surface area contributed by atoms with Gasteiger partial charge < -0.3 is 16.0 Å². The molecule has 8 heteroatoms. The van der Waals surface area contributed by atoms with Crippen LogP contribution < -0.4 is 16.7 Å². The summed E-state index contributed by atoms with van der Waals surface area (Å²) in [5.74, 6) is 1.34. The molecule has 1 fully saturated rings. The number of aromatic nitrogens is 2. The number of aliphatic imine (C=N–C) groups is 1. The molecule has 1 aromatic carbocycles. The van der Waals surface area contributed by atoms with Crippen molar-refractivity contribution < 1.29 is 0 Å². The highest BCUT2D eigenvalue weighted by atomic mass is 16.1. The maximum atomic E-state index is 12.6. The summed E-state index contributed by atoms with van der Waals surface area (Å²) in [4.78, 5) is 21.6. The second kappa shape index (κ2) is 11.8. The summed E-state index contributed by atoms with van der Waals surface area (Å²) in [7, 11) is 0. The Morgan fingerprint density at radius 1 is 1.25 bits per heavy atom. The van der Waals surface area contributed by atoms with Crippen molar-refractivity contribution in [3.8, 4) is 0 Å². The number of benzene rings is 1. The molecule has 8 nitrogen and oxygen atoms in total. The Kier molecular flexibility index (Phi) is 8.81. The molecule has 0 unspecified atom stereocenters. The van der Waals surface area contributed by atoms with Crippen molar-refractivity contribution in [2.45, 2.75) is 52.1 Å². The van der Waals surface area contributed by atoms with E-state index in [1.807, 2.05) is 0 Å². The summed E-state index contributed by atoms with van der Waals surface area (Å²) in [6.45, 7) is 10.7. The van der Waals surface area contributed by atoms with Crippen molar-refractivity contribution >= 4 is 18.4 Å². The van der Waals surface area contributed by atoms with E-state index in [4.69, 9.17) is 11.1 Å². The fourth-order valence-corrected chi connectivity index (χ4v) is 4.30. The van der Waals surface area contributed by atoms with Crippen LogP contribution in [0.5, 0.6) is 0 Å². The van der Waals surface area contributed by atoms with Gasteiger partial charge in [0.05, 0.1) is 6.54 Å². The monoisotopic (exact) mass is 439 g/mol. The van der Waals surface area contributed by atoms with Crippen molar-refractivity contribution in [1.29, 1.82) is 5.41 Å². The molecule has 0 bridgehead atoms. The van der Waals surface area contributed by atoms with Gasteiger partial charge in [0, 0.05) is 13.1 Å². The zero-order valence-electron chi connectivity index (χ0n) is 19.2. The number of H-pyrrole nitrogens is 1. The topological polar surface area (TPSA) is 115 Å². The number of imidazole rings is 1. The lowest BCUT2D eigenvalue weighted by Crippen LogP contribution is -2.33. The molecule has 5 N–H and O–H groups in total. The quantitative estimate of drug-likeness (QED) is 0.245. The van der Waals surface area contributed by atoms with E-state index in [0.717, 1.165) is 63.5 Å². The van der Waals surface area contributed by atoms with Gasteiger partial charge in [-0.1, -0.05) is 37.6 Å². The summed E-state index contributed by atoms with van der Waals surface area (Å²) in [5, 5.41) is 11.3. The van der Waals surface area contributed by atoms with Crippen LogP contribution in [0.15, 0.2) is 34.1 Å². The van der Waals surface area contributed by atoms with Crippen LogP contribution in [0.1, 0.15) is 55.8 Å². The van der Waals surface area contributed by atoms with E-state index in [-0.39, 0.29) is 11.5 Å². The van der Waals surface area contributed by atoms with Crippen LogP contribution in [-0.4, -0.2) is 53.2 Å². The molecule has 1 aliphatic heterocycles. The maximum Gasteiger partial charge on any atom is 0.328 e. The van der Waals surface area contributed by atoms with Crippen LogP contribution in [-0.2, 0) is 13.1 Å². The molecule has 2 aromatic rings. The fraction of sp³-hybridized carbons (Fsp3) is 0.542. The Labute approximate surface area is 190 Å². The number of likely N-dealkylation sites (tertiary alicyclic amines) is 1. The molecule has 3 rings (SSSR count). The molecule has 2 heterocycles. The number of nitrogens with two attached hydrogens (primary N) is 1. The van der Waals surface area contributed by atoms with E-state index >= 15 is 0 Å². The largest absolute Gasteiger partial charge is 0.369 e. The number of anilines is 1. The van der Waals surface area contributed by atoms with Crippen molar-refractivity contribution in [3.05, 3.63) is 51.6 Å². The van der Waals surface area contributed by atoms with Crippen molar-refractivity contribution in [1.82, 2.24) is 14.5 Å². The molecule has 174 valence electrons. The van der Waals surface area contributed by atoms with Crippen LogP contribution in [0.4, 0.5) is 5.82 Å². The first-order valence-corrected chi connectivity index (χ1v) is 11.7. The van der Waals surface area contributed by atoms with Crippen LogP contribution in [0.2, 0.25) is 0 Å². The zero-order chi connectivity index (χ0) is 22.9. The summed E-state index contributed by atoms with van der Waals surface area (Å²) >= 11 is 0. The molecular formula is C24H37N7O. The molecule has 0 aliphatic carbocycles. The summed E-state index contributed by atoms with van der Waals surface area (Å²) in [6.07, 6.45) is 5.62. The minimum atomic E-state index is -0.253. The summed E-state index contributed by atoms with van der Waals surface area (Å²) in [6, 6.07) is 8.47. The number of hydrogen-bond acceptors (Lipinski definition) is 5. The highest BCUT2D eigenvalue weighted by Crippen LogP contribution is 2.22. The molecule has 0 spiro atoms. The number of piperidine rings is 1. The number of hydrogen-bond donors (Lipinski definition) is 4. The van der Waals surface area contributed by atoms with Gasteiger partial charge in [-0.3, -0.25) is 14.9 Å². The highest BCUT2D eigenvalue weighted by Gasteiger charge is 2.19. The molecular weight excluding hydrogens is 402 g/mol. The minimum absolute atomic E-state index is 0.0366. The number of unbranched alkanes of at least 4 members (excludes halogenated alkanes) is 1. The van der Waals surface area contributed by atoms with E-state index in [1.54, 1.807) is 4.57 Å². The van der Waals surface area contributed by atoms with Gasteiger partial charge in [-0.2, -0.15) is 0 Å². The van der Waals surface area contributed by atoms with E-state index in [1.165, 1.54) is 18.4 Å².